The van der Waals surface area contributed by atoms with Gasteiger partial charge in [0.25, 0.3) is 5.91 Å². The Morgan fingerprint density at radius 2 is 2.13 bits per heavy atom. The number of hydrogen-bond donors (Lipinski definition) is 2. The second-order valence-electron chi connectivity index (χ2n) is 4.77. The molecule has 0 spiro atoms. The Bertz CT molecular complexity index is 704. The molecule has 1 atom stereocenters. The lowest BCUT2D eigenvalue weighted by Gasteiger charge is -2.15. The van der Waals surface area contributed by atoms with E-state index >= 15 is 0 Å². The Hall–Kier alpha value is -2.89. The van der Waals surface area contributed by atoms with E-state index in [1.165, 1.54) is 30.5 Å². The Morgan fingerprint density at radius 1 is 1.35 bits per heavy atom. The molecule has 1 amide bonds. The van der Waals surface area contributed by atoms with Crippen LogP contribution in [0.25, 0.3) is 0 Å². The maximum atomic E-state index is 13.1. The quantitative estimate of drug-likeness (QED) is 0.636. The molecular weight excluding hydrogens is 299 g/mol. The van der Waals surface area contributed by atoms with Crippen molar-refractivity contribution in [2.24, 2.45) is 5.10 Å². The second-order valence-corrected chi connectivity index (χ2v) is 4.77. The number of phenols is 1. The minimum atomic E-state index is -0.793. The minimum absolute atomic E-state index is 0.0635. The van der Waals surface area contributed by atoms with Gasteiger partial charge >= 0.3 is 0 Å². The van der Waals surface area contributed by atoms with Gasteiger partial charge in [0.15, 0.2) is 6.10 Å². The zero-order chi connectivity index (χ0) is 16.7. The number of halogens is 1. The van der Waals surface area contributed by atoms with Crippen molar-refractivity contribution < 1.29 is 19.0 Å². The van der Waals surface area contributed by atoms with Gasteiger partial charge in [0.05, 0.1) is 6.21 Å². The lowest BCUT2D eigenvalue weighted by atomic mass is 10.2. The number of nitrogens with zero attached hydrogens (tertiary/aromatic N) is 1. The maximum absolute atomic E-state index is 13.1. The highest BCUT2D eigenvalue weighted by Gasteiger charge is 2.18. The van der Waals surface area contributed by atoms with Gasteiger partial charge in [-0.15, -0.1) is 0 Å². The number of aromatic hydroxyl groups is 1. The van der Waals surface area contributed by atoms with Crippen LogP contribution in [-0.2, 0) is 4.79 Å². The molecule has 6 heteroatoms. The number of ether oxygens (including phenoxy) is 1. The zero-order valence-corrected chi connectivity index (χ0v) is 12.6. The molecule has 0 radical (unpaired) electrons. The molecule has 1 unspecified atom stereocenters. The van der Waals surface area contributed by atoms with Gasteiger partial charge in [-0.05, 0) is 30.7 Å². The Balaban J connectivity index is 1.96. The van der Waals surface area contributed by atoms with Crippen molar-refractivity contribution in [2.75, 3.05) is 0 Å². The topological polar surface area (TPSA) is 70.9 Å². The number of hydrogen-bond acceptors (Lipinski definition) is 4. The lowest BCUT2D eigenvalue weighted by molar-refractivity contribution is -0.128. The molecule has 2 N–H and O–H groups in total. The Kier molecular flexibility index (Phi) is 5.68. The van der Waals surface area contributed by atoms with Gasteiger partial charge in [0.2, 0.25) is 0 Å². The summed E-state index contributed by atoms with van der Waals surface area (Å²) in [5.74, 6) is -0.552. The molecule has 0 aromatic heterocycles. The number of benzene rings is 2. The summed E-state index contributed by atoms with van der Waals surface area (Å²) in [5.41, 5.74) is 2.82. The zero-order valence-electron chi connectivity index (χ0n) is 12.6. The van der Waals surface area contributed by atoms with E-state index in [0.29, 0.717) is 12.0 Å². The fraction of sp³-hybridized carbons (Fsp3) is 0.176. The highest BCUT2D eigenvalue weighted by atomic mass is 19.1. The largest absolute Gasteiger partial charge is 0.507 e. The van der Waals surface area contributed by atoms with E-state index in [-0.39, 0.29) is 11.5 Å². The minimum Gasteiger partial charge on any atom is -0.507 e. The molecule has 2 aromatic carbocycles. The van der Waals surface area contributed by atoms with E-state index < -0.39 is 17.8 Å². The van der Waals surface area contributed by atoms with Gasteiger partial charge in [-0.1, -0.05) is 25.1 Å². The van der Waals surface area contributed by atoms with Crippen LogP contribution in [0, 0.1) is 5.82 Å². The van der Waals surface area contributed by atoms with Gasteiger partial charge in [-0.3, -0.25) is 4.79 Å². The summed E-state index contributed by atoms with van der Waals surface area (Å²) in [6, 6.07) is 12.2. The highest BCUT2D eigenvalue weighted by Crippen LogP contribution is 2.15. The molecule has 0 heterocycles. The van der Waals surface area contributed by atoms with Crippen LogP contribution in [0.1, 0.15) is 18.9 Å². The normalized spacial score (nSPS) is 12.1. The molecule has 0 fully saturated rings. The number of amides is 1. The molecule has 23 heavy (non-hydrogen) atoms. The first-order valence-electron chi connectivity index (χ1n) is 7.13. The van der Waals surface area contributed by atoms with E-state index in [1.54, 1.807) is 31.2 Å². The van der Waals surface area contributed by atoms with Crippen molar-refractivity contribution in [3.05, 3.63) is 59.9 Å². The predicted molar refractivity (Wildman–Crippen MR) is 85.0 cm³/mol. The number of nitrogens with one attached hydrogen (secondary N) is 1. The van der Waals surface area contributed by atoms with Crippen molar-refractivity contribution in [1.29, 1.82) is 0 Å². The van der Waals surface area contributed by atoms with Crippen LogP contribution in [-0.4, -0.2) is 23.3 Å². The molecule has 0 aliphatic carbocycles. The molecule has 2 rings (SSSR count). The number of carbonyl (C=O) groups excluding carboxylic acids is 1. The molecule has 0 aliphatic rings. The summed E-state index contributed by atoms with van der Waals surface area (Å²) >= 11 is 0. The Labute approximate surface area is 133 Å². The van der Waals surface area contributed by atoms with Crippen LogP contribution in [0.3, 0.4) is 0 Å². The van der Waals surface area contributed by atoms with Gasteiger partial charge in [-0.25, -0.2) is 9.82 Å². The van der Waals surface area contributed by atoms with Crippen LogP contribution in [0.5, 0.6) is 11.5 Å². The average Bonchev–Trinajstić information content (AvgIpc) is 2.54. The summed E-state index contributed by atoms with van der Waals surface area (Å²) < 4.78 is 18.6. The van der Waals surface area contributed by atoms with Crippen LogP contribution < -0.4 is 10.2 Å². The molecule has 0 aliphatic heterocycles. The summed E-state index contributed by atoms with van der Waals surface area (Å²) in [6.45, 7) is 1.77. The number of para-hydroxylation sites is 1. The van der Waals surface area contributed by atoms with E-state index in [9.17, 15) is 14.3 Å². The molecule has 0 saturated heterocycles. The summed E-state index contributed by atoms with van der Waals surface area (Å²) in [5, 5.41) is 13.4. The summed E-state index contributed by atoms with van der Waals surface area (Å²) in [4.78, 5) is 12.0. The predicted octanol–water partition coefficient (Wildman–Crippen LogP) is 2.84. The molecular formula is C17H17FN2O3. The average molecular weight is 316 g/mol. The smallest absolute Gasteiger partial charge is 0.281 e. The SMILES string of the molecule is CCC(Oc1cccc(F)c1)C(=O)NN=Cc1ccccc1O. The fourth-order valence-electron chi connectivity index (χ4n) is 1.86. The van der Waals surface area contributed by atoms with Crippen molar-refractivity contribution in [3.63, 3.8) is 0 Å². The number of phenolic OH excluding ortho intramolecular Hbond substituents is 1. The first-order valence-corrected chi connectivity index (χ1v) is 7.13. The van der Waals surface area contributed by atoms with Crippen molar-refractivity contribution in [3.8, 4) is 11.5 Å². The number of carbonyl (C=O) groups is 1. The van der Waals surface area contributed by atoms with Crippen molar-refractivity contribution in [1.82, 2.24) is 5.43 Å². The van der Waals surface area contributed by atoms with Crippen LogP contribution in [0.4, 0.5) is 4.39 Å². The number of rotatable bonds is 6. The molecule has 2 aromatic rings. The first-order chi connectivity index (χ1) is 11.1. The van der Waals surface area contributed by atoms with Gasteiger partial charge in [-0.2, -0.15) is 5.10 Å². The Morgan fingerprint density at radius 3 is 2.83 bits per heavy atom. The lowest BCUT2D eigenvalue weighted by Crippen LogP contribution is -2.35. The van der Waals surface area contributed by atoms with Gasteiger partial charge < -0.3 is 9.84 Å². The molecule has 5 nitrogen and oxygen atoms in total. The molecule has 120 valence electrons. The molecule has 0 bridgehead atoms. The third-order valence-corrected chi connectivity index (χ3v) is 3.05. The third-order valence-electron chi connectivity index (χ3n) is 3.05. The van der Waals surface area contributed by atoms with E-state index in [4.69, 9.17) is 4.74 Å². The number of hydrazone groups is 1. The van der Waals surface area contributed by atoms with E-state index in [2.05, 4.69) is 10.5 Å². The summed E-state index contributed by atoms with van der Waals surface area (Å²) in [7, 11) is 0. The molecule has 0 saturated carbocycles. The third kappa shape index (κ3) is 4.81. The van der Waals surface area contributed by atoms with E-state index in [0.717, 1.165) is 0 Å². The fourth-order valence-corrected chi connectivity index (χ4v) is 1.86. The van der Waals surface area contributed by atoms with Gasteiger partial charge in [0.1, 0.15) is 17.3 Å². The summed E-state index contributed by atoms with van der Waals surface area (Å²) in [6.07, 6.45) is 0.940. The van der Waals surface area contributed by atoms with Gasteiger partial charge in [0, 0.05) is 11.6 Å². The maximum Gasteiger partial charge on any atom is 0.281 e. The standard InChI is InChI=1S/C17H17FN2O3/c1-2-16(23-14-8-5-7-13(18)10-14)17(22)20-19-11-12-6-3-4-9-15(12)21/h3-11,16,21H,2H2,1H3,(H,20,22). The monoisotopic (exact) mass is 316 g/mol. The van der Waals surface area contributed by atoms with Crippen LogP contribution in [0.2, 0.25) is 0 Å². The second kappa shape index (κ2) is 7.93. The highest BCUT2D eigenvalue weighted by molar-refractivity contribution is 5.86. The van der Waals surface area contributed by atoms with Crippen molar-refractivity contribution >= 4 is 12.1 Å². The van der Waals surface area contributed by atoms with E-state index in [1.807, 2.05) is 0 Å². The van der Waals surface area contributed by atoms with Crippen LogP contribution in [0.15, 0.2) is 53.6 Å². The van der Waals surface area contributed by atoms with Crippen molar-refractivity contribution in [2.45, 2.75) is 19.4 Å². The van der Waals surface area contributed by atoms with Crippen LogP contribution >= 0.6 is 0 Å². The first kappa shape index (κ1) is 16.5.